The average Bonchev–Trinajstić information content (AvgIpc) is 2.95. The van der Waals surface area contributed by atoms with E-state index < -0.39 is 0 Å². The quantitative estimate of drug-likeness (QED) is 0.835. The summed E-state index contributed by atoms with van der Waals surface area (Å²) in [5, 5.41) is 18.4. The summed E-state index contributed by atoms with van der Waals surface area (Å²) in [6.07, 6.45) is 3.35. The Balaban J connectivity index is 1.88. The molecule has 2 aromatic rings. The number of aromatic hydroxyl groups is 1. The molecular formula is C17H18N4O2S. The maximum absolute atomic E-state index is 12.6. The highest BCUT2D eigenvalue weighted by atomic mass is 32.2. The van der Waals surface area contributed by atoms with E-state index in [-0.39, 0.29) is 23.5 Å². The molecule has 0 radical (unpaired) electrons. The van der Waals surface area contributed by atoms with E-state index in [2.05, 4.69) is 28.4 Å². The van der Waals surface area contributed by atoms with Crippen molar-refractivity contribution < 1.29 is 9.90 Å². The van der Waals surface area contributed by atoms with Gasteiger partial charge in [0.1, 0.15) is 11.5 Å². The maximum Gasteiger partial charge on any atom is 0.227 e. The first-order chi connectivity index (χ1) is 11.7. The predicted molar refractivity (Wildman–Crippen MR) is 92.1 cm³/mol. The number of benzene rings is 1. The lowest BCUT2D eigenvalue weighted by molar-refractivity contribution is -0.123. The van der Waals surface area contributed by atoms with Gasteiger partial charge in [-0.25, -0.2) is 4.68 Å². The molecule has 0 fully saturated rings. The van der Waals surface area contributed by atoms with Gasteiger partial charge < -0.3 is 10.4 Å². The van der Waals surface area contributed by atoms with E-state index in [0.717, 1.165) is 23.4 Å². The number of ketones is 1. The Labute approximate surface area is 144 Å². The number of aromatic nitrogens is 3. The standard InChI is InChI=1S/C17H18N4O2S/c1-2-24-17-19-16-18-12-7-4-8-13(23)14(12)15(21(16)20-17)10-5-3-6-11(22)9-10/h3,5-7,9,14-15,22H,2,4,8H2,1H3,(H,18,19,20)/t14-,15-/m1/s1. The van der Waals surface area contributed by atoms with Gasteiger partial charge in [-0.1, -0.05) is 36.9 Å². The number of nitrogens with zero attached hydrogens (tertiary/aromatic N) is 3. The third-order valence-electron chi connectivity index (χ3n) is 4.37. The molecule has 4 rings (SSSR count). The molecule has 1 aliphatic carbocycles. The highest BCUT2D eigenvalue weighted by molar-refractivity contribution is 7.99. The topological polar surface area (TPSA) is 80.0 Å². The number of fused-ring (bicyclic) bond motifs is 2. The van der Waals surface area contributed by atoms with Crippen molar-refractivity contribution in [1.29, 1.82) is 0 Å². The third kappa shape index (κ3) is 2.49. The Kier molecular flexibility index (Phi) is 3.80. The molecule has 0 spiro atoms. The van der Waals surface area contributed by atoms with Crippen LogP contribution in [-0.2, 0) is 4.79 Å². The minimum Gasteiger partial charge on any atom is -0.508 e. The van der Waals surface area contributed by atoms with Gasteiger partial charge in [0.05, 0.1) is 12.0 Å². The summed E-state index contributed by atoms with van der Waals surface area (Å²) in [7, 11) is 0. The summed E-state index contributed by atoms with van der Waals surface area (Å²) < 4.78 is 1.79. The van der Waals surface area contributed by atoms with Crippen molar-refractivity contribution in [3.63, 3.8) is 0 Å². The van der Waals surface area contributed by atoms with Gasteiger partial charge in [0.15, 0.2) is 0 Å². The van der Waals surface area contributed by atoms with Gasteiger partial charge in [-0.2, -0.15) is 4.98 Å². The van der Waals surface area contributed by atoms with Gasteiger partial charge in [0.2, 0.25) is 11.1 Å². The van der Waals surface area contributed by atoms with Crippen LogP contribution in [0.4, 0.5) is 5.95 Å². The monoisotopic (exact) mass is 342 g/mol. The number of carbonyl (C=O) groups excluding carboxylic acids is 1. The zero-order valence-electron chi connectivity index (χ0n) is 13.3. The third-order valence-corrected chi connectivity index (χ3v) is 5.09. The molecule has 6 nitrogen and oxygen atoms in total. The number of allylic oxidation sites excluding steroid dienone is 2. The normalized spacial score (nSPS) is 22.4. The minimum absolute atomic E-state index is 0.185. The highest BCUT2D eigenvalue weighted by Gasteiger charge is 2.41. The van der Waals surface area contributed by atoms with Crippen LogP contribution in [0, 0.1) is 5.92 Å². The fraction of sp³-hybridized carbons (Fsp3) is 0.353. The fourth-order valence-electron chi connectivity index (χ4n) is 3.39. The second-order valence-electron chi connectivity index (χ2n) is 5.90. The minimum atomic E-state index is -0.311. The molecule has 0 unspecified atom stereocenters. The summed E-state index contributed by atoms with van der Waals surface area (Å²) >= 11 is 1.57. The predicted octanol–water partition coefficient (Wildman–Crippen LogP) is 2.97. The van der Waals surface area contributed by atoms with Crippen molar-refractivity contribution in [3.8, 4) is 5.75 Å². The molecule has 1 aliphatic heterocycles. The van der Waals surface area contributed by atoms with E-state index in [1.54, 1.807) is 34.6 Å². The number of thioether (sulfide) groups is 1. The van der Waals surface area contributed by atoms with Crippen LogP contribution in [0.15, 0.2) is 41.2 Å². The number of phenolic OH excluding ortho intramolecular Hbond substituents is 1. The largest absolute Gasteiger partial charge is 0.508 e. The second-order valence-corrected chi connectivity index (χ2v) is 7.13. The lowest BCUT2D eigenvalue weighted by Gasteiger charge is -2.36. The average molecular weight is 342 g/mol. The SMILES string of the molecule is CCSc1nc2n(n1)[C@H](c1cccc(O)c1)[C@H]1C(=O)CCC=C1N2. The van der Waals surface area contributed by atoms with Crippen LogP contribution in [0.5, 0.6) is 5.75 Å². The molecule has 2 heterocycles. The number of nitrogens with one attached hydrogen (secondary N) is 1. The summed E-state index contributed by atoms with van der Waals surface area (Å²) in [4.78, 5) is 17.2. The molecule has 2 atom stereocenters. The van der Waals surface area contributed by atoms with Crippen molar-refractivity contribution >= 4 is 23.5 Å². The molecular weight excluding hydrogens is 324 g/mol. The molecule has 0 bridgehead atoms. The van der Waals surface area contributed by atoms with Crippen LogP contribution in [0.3, 0.4) is 0 Å². The van der Waals surface area contributed by atoms with Gasteiger partial charge >= 0.3 is 0 Å². The van der Waals surface area contributed by atoms with E-state index in [1.807, 2.05) is 6.07 Å². The highest BCUT2D eigenvalue weighted by Crippen LogP contribution is 2.42. The second kappa shape index (κ2) is 5.98. The van der Waals surface area contributed by atoms with Crippen LogP contribution < -0.4 is 5.32 Å². The maximum atomic E-state index is 12.6. The van der Waals surface area contributed by atoms with Gasteiger partial charge in [-0.3, -0.25) is 4.79 Å². The van der Waals surface area contributed by atoms with Crippen molar-refractivity contribution in [3.05, 3.63) is 41.6 Å². The molecule has 1 aromatic heterocycles. The van der Waals surface area contributed by atoms with Gasteiger partial charge in [-0.15, -0.1) is 5.10 Å². The molecule has 2 N–H and O–H groups in total. The number of phenols is 1. The van der Waals surface area contributed by atoms with E-state index >= 15 is 0 Å². The van der Waals surface area contributed by atoms with Crippen molar-refractivity contribution in [2.45, 2.75) is 31.0 Å². The Bertz CT molecular complexity index is 830. The molecule has 0 amide bonds. The summed E-state index contributed by atoms with van der Waals surface area (Å²) in [6, 6.07) is 6.76. The Morgan fingerprint density at radius 2 is 2.33 bits per heavy atom. The van der Waals surface area contributed by atoms with Crippen molar-refractivity contribution in [2.24, 2.45) is 5.92 Å². The first-order valence-electron chi connectivity index (χ1n) is 8.05. The summed E-state index contributed by atoms with van der Waals surface area (Å²) in [6.45, 7) is 2.05. The van der Waals surface area contributed by atoms with Crippen molar-refractivity contribution in [1.82, 2.24) is 14.8 Å². The number of carbonyl (C=O) groups is 1. The smallest absolute Gasteiger partial charge is 0.227 e. The number of hydrogen-bond donors (Lipinski definition) is 2. The zero-order chi connectivity index (χ0) is 16.7. The van der Waals surface area contributed by atoms with E-state index in [4.69, 9.17) is 0 Å². The van der Waals surface area contributed by atoms with Crippen LogP contribution in [-0.4, -0.2) is 31.4 Å². The molecule has 0 saturated carbocycles. The van der Waals surface area contributed by atoms with Crippen LogP contribution >= 0.6 is 11.8 Å². The van der Waals surface area contributed by atoms with Gasteiger partial charge in [0, 0.05) is 12.1 Å². The van der Waals surface area contributed by atoms with Crippen LogP contribution in [0.25, 0.3) is 0 Å². The Morgan fingerprint density at radius 3 is 3.12 bits per heavy atom. The first kappa shape index (κ1) is 15.3. The number of hydrogen-bond acceptors (Lipinski definition) is 6. The van der Waals surface area contributed by atoms with Crippen LogP contribution in [0.2, 0.25) is 0 Å². The zero-order valence-corrected chi connectivity index (χ0v) is 14.1. The molecule has 2 aliphatic rings. The van der Waals surface area contributed by atoms with E-state index in [9.17, 15) is 9.90 Å². The Hall–Kier alpha value is -2.28. The molecule has 24 heavy (non-hydrogen) atoms. The molecule has 0 saturated heterocycles. The summed E-state index contributed by atoms with van der Waals surface area (Å²) in [5.74, 6) is 1.60. The van der Waals surface area contributed by atoms with E-state index in [1.165, 1.54) is 0 Å². The Morgan fingerprint density at radius 1 is 1.46 bits per heavy atom. The molecule has 1 aromatic carbocycles. The fourth-order valence-corrected chi connectivity index (χ4v) is 3.94. The molecule has 7 heteroatoms. The summed E-state index contributed by atoms with van der Waals surface area (Å²) in [5.41, 5.74) is 1.76. The van der Waals surface area contributed by atoms with Gasteiger partial charge in [-0.05, 0) is 29.9 Å². The first-order valence-corrected chi connectivity index (χ1v) is 9.04. The molecule has 124 valence electrons. The number of anilines is 1. The number of rotatable bonds is 3. The lowest BCUT2D eigenvalue weighted by atomic mass is 9.81. The van der Waals surface area contributed by atoms with Crippen molar-refractivity contribution in [2.75, 3.05) is 11.1 Å². The van der Waals surface area contributed by atoms with Gasteiger partial charge in [0.25, 0.3) is 0 Å². The van der Waals surface area contributed by atoms with Crippen LogP contribution in [0.1, 0.15) is 31.4 Å². The van der Waals surface area contributed by atoms with E-state index in [0.29, 0.717) is 17.5 Å². The number of Topliss-reactive ketones (excluding diaryl/α,β-unsaturated/α-hetero) is 1. The lowest BCUT2D eigenvalue weighted by Crippen LogP contribution is -2.38.